The predicted octanol–water partition coefficient (Wildman–Crippen LogP) is 1.17. The highest BCUT2D eigenvalue weighted by Crippen LogP contribution is 2.30. The van der Waals surface area contributed by atoms with Crippen molar-refractivity contribution in [2.75, 3.05) is 26.2 Å². The average Bonchev–Trinajstić information content (AvgIpc) is 3.25. The molecule has 2 aromatic carbocycles. The van der Waals surface area contributed by atoms with Crippen LogP contribution in [0.25, 0.3) is 0 Å². The fourth-order valence-corrected chi connectivity index (χ4v) is 4.74. The van der Waals surface area contributed by atoms with Crippen LogP contribution in [0, 0.1) is 0 Å². The van der Waals surface area contributed by atoms with Gasteiger partial charge in [-0.1, -0.05) is 42.5 Å². The zero-order valence-electron chi connectivity index (χ0n) is 16.3. The maximum Gasteiger partial charge on any atom is 0.258 e. The second-order valence-corrected chi connectivity index (χ2v) is 9.04. The lowest BCUT2D eigenvalue weighted by Gasteiger charge is -2.26. The maximum atomic E-state index is 12.7. The molecular weight excluding hydrogens is 390 g/mol. The Morgan fingerprint density at radius 1 is 1.07 bits per heavy atom. The lowest BCUT2D eigenvalue weighted by molar-refractivity contribution is -0.133. The second-order valence-electron chi connectivity index (χ2n) is 7.27. The Hall–Kier alpha value is -2.26. The quantitative estimate of drug-likeness (QED) is 0.530. The molecule has 2 aromatic rings. The molecule has 29 heavy (non-hydrogen) atoms. The standard InChI is InChI=1S/C21H27N3O4S/c22-20(25)21(26,17-8-2-1-3-9-17)18-10-6-11-19(16-18)29(27,28)23-12-7-15-24-13-4-5-14-24/h1-3,6,8-11,16,23,26H,4-5,7,12-15H2,(H2,22,25). The number of carbonyl (C=O) groups excluding carboxylic acids is 1. The minimum absolute atomic E-state index is 0.0215. The van der Waals surface area contributed by atoms with Gasteiger partial charge in [-0.2, -0.15) is 0 Å². The largest absolute Gasteiger partial charge is 0.372 e. The normalized spacial score (nSPS) is 17.1. The summed E-state index contributed by atoms with van der Waals surface area (Å²) < 4.78 is 28.0. The number of aliphatic hydroxyl groups is 1. The number of benzene rings is 2. The van der Waals surface area contributed by atoms with E-state index in [1.165, 1.54) is 37.1 Å². The first-order valence-electron chi connectivity index (χ1n) is 9.74. The van der Waals surface area contributed by atoms with Gasteiger partial charge in [-0.25, -0.2) is 13.1 Å². The number of nitrogens with two attached hydrogens (primary N) is 1. The van der Waals surface area contributed by atoms with Crippen molar-refractivity contribution in [3.63, 3.8) is 0 Å². The molecule has 0 aromatic heterocycles. The molecule has 8 heteroatoms. The van der Waals surface area contributed by atoms with Crippen molar-refractivity contribution in [1.29, 1.82) is 0 Å². The van der Waals surface area contributed by atoms with Crippen LogP contribution in [0.2, 0.25) is 0 Å². The van der Waals surface area contributed by atoms with Crippen molar-refractivity contribution in [1.82, 2.24) is 9.62 Å². The van der Waals surface area contributed by atoms with Gasteiger partial charge in [0.2, 0.25) is 10.0 Å². The second kappa shape index (κ2) is 9.04. The van der Waals surface area contributed by atoms with E-state index in [2.05, 4.69) is 9.62 Å². The van der Waals surface area contributed by atoms with Crippen LogP contribution in [0.4, 0.5) is 0 Å². The SMILES string of the molecule is NC(=O)C(O)(c1ccccc1)c1cccc(S(=O)(=O)NCCCN2CCCC2)c1. The van der Waals surface area contributed by atoms with E-state index in [0.717, 1.165) is 19.6 Å². The fraction of sp³-hybridized carbons (Fsp3) is 0.381. The van der Waals surface area contributed by atoms with Crippen LogP contribution in [0.5, 0.6) is 0 Å². The van der Waals surface area contributed by atoms with Gasteiger partial charge in [-0.05, 0) is 62.2 Å². The van der Waals surface area contributed by atoms with Crippen LogP contribution < -0.4 is 10.5 Å². The van der Waals surface area contributed by atoms with Crippen molar-refractivity contribution in [2.24, 2.45) is 5.73 Å². The van der Waals surface area contributed by atoms with Crippen molar-refractivity contribution in [3.8, 4) is 0 Å². The molecule has 0 saturated carbocycles. The van der Waals surface area contributed by atoms with Gasteiger partial charge in [-0.3, -0.25) is 4.79 Å². The van der Waals surface area contributed by atoms with Crippen LogP contribution in [0.15, 0.2) is 59.5 Å². The molecule has 1 amide bonds. The summed E-state index contributed by atoms with van der Waals surface area (Å²) in [6.07, 6.45) is 3.11. The summed E-state index contributed by atoms with van der Waals surface area (Å²) in [6.45, 7) is 3.32. The smallest absolute Gasteiger partial charge is 0.258 e. The zero-order chi connectivity index (χ0) is 20.9. The third-order valence-electron chi connectivity index (χ3n) is 5.25. The van der Waals surface area contributed by atoms with E-state index in [1.807, 2.05) is 0 Å². The van der Waals surface area contributed by atoms with Gasteiger partial charge in [0, 0.05) is 6.54 Å². The number of nitrogens with zero attached hydrogens (tertiary/aromatic N) is 1. The van der Waals surface area contributed by atoms with Crippen LogP contribution in [-0.4, -0.2) is 50.5 Å². The third-order valence-corrected chi connectivity index (χ3v) is 6.71. The topological polar surface area (TPSA) is 113 Å². The van der Waals surface area contributed by atoms with Crippen LogP contribution in [0.1, 0.15) is 30.4 Å². The number of carbonyl (C=O) groups is 1. The highest BCUT2D eigenvalue weighted by Gasteiger charge is 2.38. The molecule has 1 fully saturated rings. The van der Waals surface area contributed by atoms with Crippen LogP contribution >= 0.6 is 0 Å². The third kappa shape index (κ3) is 4.84. The molecule has 3 rings (SSSR count). The number of rotatable bonds is 9. The molecule has 1 unspecified atom stereocenters. The number of hydrogen-bond donors (Lipinski definition) is 3. The van der Waals surface area contributed by atoms with Crippen LogP contribution in [-0.2, 0) is 20.4 Å². The molecule has 1 aliphatic heterocycles. The van der Waals surface area contributed by atoms with E-state index in [-0.39, 0.29) is 16.0 Å². The van der Waals surface area contributed by atoms with Crippen LogP contribution in [0.3, 0.4) is 0 Å². The summed E-state index contributed by atoms with van der Waals surface area (Å²) >= 11 is 0. The molecule has 1 heterocycles. The number of amides is 1. The minimum atomic E-state index is -3.78. The van der Waals surface area contributed by atoms with Gasteiger partial charge in [0.15, 0.2) is 5.60 Å². The summed E-state index contributed by atoms with van der Waals surface area (Å²) in [5, 5.41) is 11.1. The Bertz CT molecular complexity index is 943. The van der Waals surface area contributed by atoms with E-state index in [9.17, 15) is 18.3 Å². The molecule has 4 N–H and O–H groups in total. The first kappa shape index (κ1) is 21.4. The number of likely N-dealkylation sites (tertiary alicyclic amines) is 1. The summed E-state index contributed by atoms with van der Waals surface area (Å²) in [5.74, 6) is -0.975. The summed E-state index contributed by atoms with van der Waals surface area (Å²) in [4.78, 5) is 14.4. The van der Waals surface area contributed by atoms with E-state index in [4.69, 9.17) is 5.73 Å². The fourth-order valence-electron chi connectivity index (χ4n) is 3.62. The summed E-state index contributed by atoms with van der Waals surface area (Å²) in [5.41, 5.74) is 3.76. The lowest BCUT2D eigenvalue weighted by atomic mass is 9.86. The van der Waals surface area contributed by atoms with Gasteiger partial charge in [0.25, 0.3) is 5.91 Å². The van der Waals surface area contributed by atoms with Gasteiger partial charge in [0.05, 0.1) is 4.90 Å². The van der Waals surface area contributed by atoms with Crippen molar-refractivity contribution in [2.45, 2.75) is 29.8 Å². The molecule has 1 aliphatic rings. The van der Waals surface area contributed by atoms with E-state index >= 15 is 0 Å². The Morgan fingerprint density at radius 3 is 2.38 bits per heavy atom. The van der Waals surface area contributed by atoms with Gasteiger partial charge < -0.3 is 15.7 Å². The zero-order valence-corrected chi connectivity index (χ0v) is 17.1. The van der Waals surface area contributed by atoms with Gasteiger partial charge in [-0.15, -0.1) is 0 Å². The number of primary amides is 1. The molecule has 0 radical (unpaired) electrons. The maximum absolute atomic E-state index is 12.7. The van der Waals surface area contributed by atoms with Gasteiger partial charge >= 0.3 is 0 Å². The molecule has 0 spiro atoms. The Balaban J connectivity index is 1.77. The summed E-state index contributed by atoms with van der Waals surface area (Å²) in [6, 6.07) is 13.9. The Kier molecular flexibility index (Phi) is 6.69. The highest BCUT2D eigenvalue weighted by atomic mass is 32.2. The van der Waals surface area contributed by atoms with Crippen molar-refractivity contribution in [3.05, 3.63) is 65.7 Å². The average molecular weight is 418 g/mol. The van der Waals surface area contributed by atoms with E-state index in [0.29, 0.717) is 13.0 Å². The van der Waals surface area contributed by atoms with Crippen molar-refractivity contribution >= 4 is 15.9 Å². The molecule has 156 valence electrons. The molecule has 1 saturated heterocycles. The number of hydrogen-bond acceptors (Lipinski definition) is 5. The molecule has 7 nitrogen and oxygen atoms in total. The Labute approximate surface area is 171 Å². The minimum Gasteiger partial charge on any atom is -0.372 e. The first-order chi connectivity index (χ1) is 13.8. The van der Waals surface area contributed by atoms with Crippen molar-refractivity contribution < 1.29 is 18.3 Å². The molecule has 0 bridgehead atoms. The number of nitrogens with one attached hydrogen (secondary N) is 1. The van der Waals surface area contributed by atoms with E-state index < -0.39 is 21.5 Å². The predicted molar refractivity (Wildman–Crippen MR) is 111 cm³/mol. The van der Waals surface area contributed by atoms with E-state index in [1.54, 1.807) is 30.3 Å². The molecule has 1 atom stereocenters. The monoisotopic (exact) mass is 417 g/mol. The molecule has 0 aliphatic carbocycles. The highest BCUT2D eigenvalue weighted by molar-refractivity contribution is 7.89. The molecular formula is C21H27N3O4S. The van der Waals surface area contributed by atoms with Gasteiger partial charge in [0.1, 0.15) is 0 Å². The first-order valence-corrected chi connectivity index (χ1v) is 11.2. The number of sulfonamides is 1. The summed E-state index contributed by atoms with van der Waals surface area (Å²) in [7, 11) is -3.78. The lowest BCUT2D eigenvalue weighted by Crippen LogP contribution is -2.42. The Morgan fingerprint density at radius 2 is 1.72 bits per heavy atom.